The number of benzene rings is 6. The van der Waals surface area contributed by atoms with E-state index in [0.29, 0.717) is 5.89 Å². The van der Waals surface area contributed by atoms with Crippen LogP contribution in [-0.2, 0) is 7.05 Å². The van der Waals surface area contributed by atoms with Crippen molar-refractivity contribution in [3.8, 4) is 0 Å². The molecule has 0 N–H and O–H groups in total. The third kappa shape index (κ3) is 18.3. The van der Waals surface area contributed by atoms with Gasteiger partial charge in [-0.15, -0.1) is 5.10 Å². The van der Waals surface area contributed by atoms with E-state index in [1.165, 1.54) is 266 Å². The van der Waals surface area contributed by atoms with Crippen LogP contribution >= 0.6 is 0 Å². The molecular weight excluding hydrogens is 1570 g/mol. The highest BCUT2D eigenvalue weighted by atomic mass is 16.3. The van der Waals surface area contributed by atoms with Crippen LogP contribution in [0.15, 0.2) is 4.42 Å². The lowest BCUT2D eigenvalue weighted by Crippen LogP contribution is -2.01. The van der Waals surface area contributed by atoms with Gasteiger partial charge in [0.1, 0.15) is 11.5 Å². The first-order chi connectivity index (χ1) is 59.3. The first-order valence-electron chi connectivity index (χ1n) is 45.7. The summed E-state index contributed by atoms with van der Waals surface area (Å²) in [5.74, 6) is 1.53. The van der Waals surface area contributed by atoms with E-state index in [4.69, 9.17) is 14.4 Å². The maximum Gasteiger partial charge on any atom is 0.199 e. The molecule has 676 valence electrons. The fourth-order valence-electron chi connectivity index (χ4n) is 18.8. The summed E-state index contributed by atoms with van der Waals surface area (Å²) in [7, 11) is 2.09. The Bertz CT molecular complexity index is 6960. The minimum atomic E-state index is 0.676. The summed E-state index contributed by atoms with van der Waals surface area (Å²) >= 11 is 0. The highest BCUT2D eigenvalue weighted by molar-refractivity contribution is 5.98. The van der Waals surface area contributed by atoms with E-state index in [9.17, 15) is 0 Å². The highest BCUT2D eigenvalue weighted by Gasteiger charge is 2.23. The number of hydrogen-bond acceptors (Lipinski definition) is 12. The van der Waals surface area contributed by atoms with Gasteiger partial charge in [-0.1, -0.05) is 0 Å². The van der Waals surface area contributed by atoms with Crippen molar-refractivity contribution in [3.63, 3.8) is 0 Å². The van der Waals surface area contributed by atoms with Gasteiger partial charge in [-0.3, -0.25) is 9.97 Å². The summed E-state index contributed by atoms with van der Waals surface area (Å²) < 4.78 is 7.65. The molecule has 6 aromatic carbocycles. The van der Waals surface area contributed by atoms with Crippen molar-refractivity contribution in [1.29, 1.82) is 0 Å². The Labute approximate surface area is 767 Å². The predicted molar refractivity (Wildman–Crippen MR) is 551 cm³/mol. The SMILES string of the molecule is Cc1c(C)c(C)c2c(C)c(C)c(C)c(C)c2c1C.Cc1nc(C)c2c(C)c(C)c(C)c(C)c2n1.Cc1nc2c(C)c(C)c(C)c(C)c2c(C)c1C.Cc1nc2c(C)c(C)c(C)c(C)c2c(C)c1C.Cc1nc2c(c(C)c1C)c(C)c(C)n2C.Cc1nc2nc(C)c(C)c(C)c2c(C)c1C.Cc1nc2nc(C)c(C)c(C)c2o1.Cc1nnc2c(C)c(C)c(C)c(C)c2c1C. The number of nitrogens with zero attached hydrogens (tertiary/aromatic N) is 12. The molecule has 0 aliphatic heterocycles. The largest absolute Gasteiger partial charge is 0.439 e. The number of hydrogen-bond donors (Lipinski definition) is 0. The zero-order valence-electron chi connectivity index (χ0n) is 88.3. The van der Waals surface area contributed by atoms with Crippen LogP contribution in [0.1, 0.15) is 274 Å². The molecule has 0 aliphatic rings. The number of aryl methyl sites for hydroxylation is 31. The molecule has 13 heteroatoms. The maximum atomic E-state index is 5.46. The molecule has 0 amide bonds. The second-order valence-corrected chi connectivity index (χ2v) is 37.6. The van der Waals surface area contributed by atoms with Crippen LogP contribution in [0.25, 0.3) is 87.7 Å². The van der Waals surface area contributed by atoms with Gasteiger partial charge in [-0.05, 0) is 549 Å². The lowest BCUT2D eigenvalue weighted by molar-refractivity contribution is 0.558. The van der Waals surface area contributed by atoms with E-state index >= 15 is 0 Å². The maximum absolute atomic E-state index is 5.46. The van der Waals surface area contributed by atoms with Crippen molar-refractivity contribution in [2.24, 2.45) is 7.05 Å². The minimum Gasteiger partial charge on any atom is -0.439 e. The molecule has 0 unspecified atom stereocenters. The van der Waals surface area contributed by atoms with Gasteiger partial charge < -0.3 is 8.98 Å². The molecule has 0 spiro atoms. The third-order valence-electron chi connectivity index (χ3n) is 31.3. The van der Waals surface area contributed by atoms with Crippen molar-refractivity contribution in [2.75, 3.05) is 0 Å². The summed E-state index contributed by atoms with van der Waals surface area (Å²) in [5, 5.41) is 19.3. The van der Waals surface area contributed by atoms with Gasteiger partial charge >= 0.3 is 0 Å². The second kappa shape index (κ2) is 38.7. The Morgan fingerprint density at radius 2 is 0.430 bits per heavy atom. The molecule has 128 heavy (non-hydrogen) atoms. The van der Waals surface area contributed by atoms with Crippen LogP contribution in [0.5, 0.6) is 0 Å². The normalized spacial score (nSPS) is 11.2. The molecule has 0 radical (unpaired) electrons. The van der Waals surface area contributed by atoms with Gasteiger partial charge in [0, 0.05) is 97.4 Å². The molecule has 0 aliphatic carbocycles. The molecule has 16 aromatic rings. The van der Waals surface area contributed by atoms with Crippen molar-refractivity contribution < 1.29 is 4.42 Å². The molecule has 0 saturated carbocycles. The quantitative estimate of drug-likeness (QED) is 0.142. The Morgan fingerprint density at radius 3 is 0.797 bits per heavy atom. The lowest BCUT2D eigenvalue weighted by atomic mass is 9.83. The second-order valence-electron chi connectivity index (χ2n) is 37.6. The van der Waals surface area contributed by atoms with Crippen LogP contribution in [0.3, 0.4) is 0 Å². The first-order valence-corrected chi connectivity index (χ1v) is 45.7. The molecule has 10 heterocycles. The van der Waals surface area contributed by atoms with Crippen molar-refractivity contribution in [2.45, 2.75) is 339 Å². The number of pyridine rings is 6. The van der Waals surface area contributed by atoms with Crippen molar-refractivity contribution in [1.82, 2.24) is 59.6 Å². The average Bonchev–Trinajstić information content (AvgIpc) is 1.10. The fraction of sp³-hybridized carbons (Fsp3) is 0.435. The number of aromatic nitrogens is 12. The van der Waals surface area contributed by atoms with Gasteiger partial charge in [0.05, 0.1) is 27.8 Å². The van der Waals surface area contributed by atoms with Crippen LogP contribution in [0.4, 0.5) is 0 Å². The highest BCUT2D eigenvalue weighted by Crippen LogP contribution is 2.40. The fourth-order valence-corrected chi connectivity index (χ4v) is 18.8. The van der Waals surface area contributed by atoms with Crippen LogP contribution < -0.4 is 0 Å². The summed E-state index contributed by atoms with van der Waals surface area (Å²) in [5.41, 5.74) is 69.6. The number of fused-ring (bicyclic) bond motifs is 8. The lowest BCUT2D eigenvalue weighted by Gasteiger charge is -2.21. The van der Waals surface area contributed by atoms with Crippen molar-refractivity contribution >= 4 is 87.7 Å². The van der Waals surface area contributed by atoms with Gasteiger partial charge in [-0.25, -0.2) is 29.9 Å². The van der Waals surface area contributed by atoms with Gasteiger partial charge in [0.2, 0.25) is 0 Å². The van der Waals surface area contributed by atoms with Crippen LogP contribution in [0, 0.1) is 339 Å². The van der Waals surface area contributed by atoms with Gasteiger partial charge in [-0.2, -0.15) is 10.1 Å². The summed E-state index contributed by atoms with van der Waals surface area (Å²) in [6, 6.07) is 0. The zero-order valence-corrected chi connectivity index (χ0v) is 88.3. The number of oxazole rings is 1. The van der Waals surface area contributed by atoms with Gasteiger partial charge in [0.15, 0.2) is 22.8 Å². The van der Waals surface area contributed by atoms with E-state index in [2.05, 4.69) is 347 Å². The van der Waals surface area contributed by atoms with E-state index in [0.717, 1.165) is 90.5 Å². The Morgan fingerprint density at radius 1 is 0.164 bits per heavy atom. The first kappa shape index (κ1) is 101. The Balaban J connectivity index is 0.000000165. The third-order valence-corrected chi connectivity index (χ3v) is 31.3. The standard InChI is InChI=1S/C18H24.2C16H21N.3C14H18N2.C13H18N2.C10H12N2O/c1-9-10(2)14(6)18-16(8)12(4)11(3)15(7)17(18)13(9)5;2*1-8-9(2)13(6)16-15(11(8)4)12(5)10(3)14(7)17-16;1-7-9(3)13-10(4)8(2)12(6)16-14(13)15-11(7)5;1-7-8(2)10(4)14-13(9(7)3)11(5)15-12(6)16-14;1-7-8(2)10(4)14-13(9(7)3)11(5)12(6)15-16-14;1-7-8(2)12-9(3)11(5)15(6)13(12)14-10(7)4;1-5-6(2)9-10(11-7(5)3)12-8(4)13-9/h1-8H3;2*1-7H3;3*1-6H3;1-6H3;1-4H3. The molecule has 0 atom stereocenters. The predicted octanol–water partition coefficient (Wildman–Crippen LogP) is 30.1. The van der Waals surface area contributed by atoms with Gasteiger partial charge in [0.25, 0.3) is 0 Å². The van der Waals surface area contributed by atoms with E-state index in [1.807, 2.05) is 48.5 Å². The van der Waals surface area contributed by atoms with E-state index < -0.39 is 0 Å². The summed E-state index contributed by atoms with van der Waals surface area (Å²) in [4.78, 5) is 41.1. The topological polar surface area (TPSA) is 160 Å². The number of rotatable bonds is 0. The molecular formula is C115H150N12O. The molecule has 13 nitrogen and oxygen atoms in total. The van der Waals surface area contributed by atoms with Crippen molar-refractivity contribution in [3.05, 3.63) is 274 Å². The molecule has 16 rings (SSSR count). The summed E-state index contributed by atoms with van der Waals surface area (Å²) in [6.07, 6.45) is 0. The summed E-state index contributed by atoms with van der Waals surface area (Å²) in [6.45, 7) is 106. The average molecular weight is 1720 g/mol. The van der Waals surface area contributed by atoms with Crippen LogP contribution in [-0.4, -0.2) is 59.6 Å². The Kier molecular flexibility index (Phi) is 30.5. The Hall–Kier alpha value is -11.1. The molecule has 0 bridgehead atoms. The molecule has 0 saturated heterocycles. The molecule has 0 fully saturated rings. The van der Waals surface area contributed by atoms with E-state index in [-0.39, 0.29) is 0 Å². The minimum absolute atomic E-state index is 0.676. The zero-order chi connectivity index (χ0) is 96.6. The van der Waals surface area contributed by atoms with Crippen LogP contribution in [0.2, 0.25) is 0 Å². The van der Waals surface area contributed by atoms with E-state index in [1.54, 1.807) is 0 Å². The monoisotopic (exact) mass is 1720 g/mol. The molecule has 10 aromatic heterocycles. The smallest absolute Gasteiger partial charge is 0.199 e.